The number of nitrogens with zero attached hydrogens (tertiary/aromatic N) is 2. The van der Waals surface area contributed by atoms with Gasteiger partial charge in [0.15, 0.2) is 0 Å². The van der Waals surface area contributed by atoms with Gasteiger partial charge in [-0.05, 0) is 35.7 Å². The summed E-state index contributed by atoms with van der Waals surface area (Å²) in [6, 6.07) is 14.6. The van der Waals surface area contributed by atoms with Crippen molar-refractivity contribution >= 4 is 11.6 Å². The predicted molar refractivity (Wildman–Crippen MR) is 99.4 cm³/mol. The van der Waals surface area contributed by atoms with E-state index in [1.165, 1.54) is 12.1 Å². The molecule has 0 spiro atoms. The van der Waals surface area contributed by atoms with Gasteiger partial charge in [-0.25, -0.2) is 4.39 Å². The molecule has 5 heteroatoms. The third-order valence-corrected chi connectivity index (χ3v) is 5.13. The molecule has 1 fully saturated rings. The zero-order valence-corrected chi connectivity index (χ0v) is 15.0. The van der Waals surface area contributed by atoms with Gasteiger partial charge in [0.2, 0.25) is 0 Å². The molecule has 134 valence electrons. The van der Waals surface area contributed by atoms with E-state index in [0.717, 1.165) is 55.3 Å². The highest BCUT2D eigenvalue weighted by Crippen LogP contribution is 2.34. The van der Waals surface area contributed by atoms with E-state index in [1.807, 2.05) is 30.3 Å². The zero-order chi connectivity index (χ0) is 17.6. The monoisotopic (exact) mass is 362 g/mol. The molecule has 0 amide bonds. The van der Waals surface area contributed by atoms with Crippen LogP contribution in [0.2, 0.25) is 5.02 Å². The molecule has 1 saturated heterocycles. The number of aliphatic hydroxyl groups excluding tert-OH is 1. The number of benzene rings is 2. The fourth-order valence-electron chi connectivity index (χ4n) is 3.47. The number of halogens is 2. The quantitative estimate of drug-likeness (QED) is 0.851. The maximum absolute atomic E-state index is 13.4. The second-order valence-electron chi connectivity index (χ2n) is 6.43. The van der Waals surface area contributed by atoms with E-state index in [9.17, 15) is 4.39 Å². The Morgan fingerprint density at radius 1 is 1.00 bits per heavy atom. The highest BCUT2D eigenvalue weighted by molar-refractivity contribution is 6.31. The van der Waals surface area contributed by atoms with E-state index in [2.05, 4.69) is 15.9 Å². The second-order valence-corrected chi connectivity index (χ2v) is 6.84. The molecule has 0 bridgehead atoms. The standard InChI is InChI=1S/C20H24ClFN2O/c21-19-5-2-1-4-18(19)20(16-6-8-17(22)9-7-16)24-13-11-23(12-14-24)10-3-15-25/h1-2,4-9,20,25H,3,10-15H2. The lowest BCUT2D eigenvalue weighted by atomic mass is 9.96. The lowest BCUT2D eigenvalue weighted by Gasteiger charge is -2.40. The normalized spacial score (nSPS) is 17.6. The lowest BCUT2D eigenvalue weighted by Crippen LogP contribution is -2.48. The minimum absolute atomic E-state index is 0.0225. The summed E-state index contributed by atoms with van der Waals surface area (Å²) >= 11 is 6.48. The van der Waals surface area contributed by atoms with Gasteiger partial charge in [0.05, 0.1) is 6.04 Å². The summed E-state index contributed by atoms with van der Waals surface area (Å²) in [4.78, 5) is 4.78. The first-order chi connectivity index (χ1) is 12.2. The topological polar surface area (TPSA) is 26.7 Å². The van der Waals surface area contributed by atoms with Crippen molar-refractivity contribution in [2.75, 3.05) is 39.3 Å². The molecule has 25 heavy (non-hydrogen) atoms. The fourth-order valence-corrected chi connectivity index (χ4v) is 3.71. The van der Waals surface area contributed by atoms with Gasteiger partial charge in [0, 0.05) is 44.4 Å². The average molecular weight is 363 g/mol. The van der Waals surface area contributed by atoms with Crippen molar-refractivity contribution in [3.05, 3.63) is 70.5 Å². The largest absolute Gasteiger partial charge is 0.396 e. The minimum Gasteiger partial charge on any atom is -0.396 e. The molecule has 0 aliphatic carbocycles. The summed E-state index contributed by atoms with van der Waals surface area (Å²) in [5.41, 5.74) is 2.11. The van der Waals surface area contributed by atoms with Gasteiger partial charge in [-0.1, -0.05) is 41.9 Å². The van der Waals surface area contributed by atoms with E-state index in [0.29, 0.717) is 0 Å². The smallest absolute Gasteiger partial charge is 0.123 e. The fraction of sp³-hybridized carbons (Fsp3) is 0.400. The average Bonchev–Trinajstić information content (AvgIpc) is 2.64. The summed E-state index contributed by atoms with van der Waals surface area (Å²) in [5, 5.41) is 9.74. The van der Waals surface area contributed by atoms with Crippen molar-refractivity contribution in [3.63, 3.8) is 0 Å². The highest BCUT2D eigenvalue weighted by atomic mass is 35.5. The van der Waals surface area contributed by atoms with E-state index < -0.39 is 0 Å². The van der Waals surface area contributed by atoms with Gasteiger partial charge in [-0.15, -0.1) is 0 Å². The van der Waals surface area contributed by atoms with Crippen molar-refractivity contribution in [1.82, 2.24) is 9.80 Å². The third-order valence-electron chi connectivity index (χ3n) is 4.79. The number of aliphatic hydroxyl groups is 1. The third kappa shape index (κ3) is 4.59. The summed E-state index contributed by atoms with van der Waals surface area (Å²) < 4.78 is 13.4. The van der Waals surface area contributed by atoms with Crippen LogP contribution in [0.5, 0.6) is 0 Å². The molecular formula is C20H24ClFN2O. The number of hydrogen-bond donors (Lipinski definition) is 1. The van der Waals surface area contributed by atoms with Gasteiger partial charge >= 0.3 is 0 Å². The molecule has 1 unspecified atom stereocenters. The Labute approximate surface area is 153 Å². The second kappa shape index (κ2) is 8.77. The van der Waals surface area contributed by atoms with Gasteiger partial charge in [0.25, 0.3) is 0 Å². The molecule has 0 saturated carbocycles. The maximum atomic E-state index is 13.4. The molecule has 1 aliphatic rings. The van der Waals surface area contributed by atoms with E-state index in [4.69, 9.17) is 16.7 Å². The molecule has 3 rings (SSSR count). The van der Waals surface area contributed by atoms with Crippen molar-refractivity contribution < 1.29 is 9.50 Å². The van der Waals surface area contributed by atoms with Crippen LogP contribution in [-0.4, -0.2) is 54.2 Å². The first-order valence-electron chi connectivity index (χ1n) is 8.76. The van der Waals surface area contributed by atoms with Gasteiger partial charge in [-0.2, -0.15) is 0 Å². The maximum Gasteiger partial charge on any atom is 0.123 e. The Morgan fingerprint density at radius 3 is 2.32 bits per heavy atom. The number of piperazine rings is 1. The Hall–Kier alpha value is -1.46. The van der Waals surface area contributed by atoms with E-state index in [-0.39, 0.29) is 18.5 Å². The molecule has 3 nitrogen and oxygen atoms in total. The Bertz CT molecular complexity index is 672. The van der Waals surface area contributed by atoms with Crippen molar-refractivity contribution in [2.24, 2.45) is 0 Å². The molecule has 1 atom stereocenters. The van der Waals surface area contributed by atoms with Gasteiger partial charge < -0.3 is 10.0 Å². The van der Waals surface area contributed by atoms with Crippen molar-refractivity contribution in [1.29, 1.82) is 0 Å². The Balaban J connectivity index is 1.83. The van der Waals surface area contributed by atoms with Crippen LogP contribution in [0, 0.1) is 5.82 Å². The van der Waals surface area contributed by atoms with Crippen LogP contribution in [0.15, 0.2) is 48.5 Å². The van der Waals surface area contributed by atoms with E-state index >= 15 is 0 Å². The summed E-state index contributed by atoms with van der Waals surface area (Å²) in [7, 11) is 0. The molecular weight excluding hydrogens is 339 g/mol. The van der Waals surface area contributed by atoms with Gasteiger partial charge in [0.1, 0.15) is 5.82 Å². The molecule has 1 aliphatic heterocycles. The van der Waals surface area contributed by atoms with Gasteiger partial charge in [-0.3, -0.25) is 4.90 Å². The van der Waals surface area contributed by atoms with Crippen LogP contribution in [-0.2, 0) is 0 Å². The summed E-state index contributed by atoms with van der Waals surface area (Å²) in [6.45, 7) is 4.91. The Kier molecular flexibility index (Phi) is 6.43. The van der Waals surface area contributed by atoms with Crippen LogP contribution < -0.4 is 0 Å². The van der Waals surface area contributed by atoms with Crippen LogP contribution in [0.25, 0.3) is 0 Å². The number of hydrogen-bond acceptors (Lipinski definition) is 3. The summed E-state index contributed by atoms with van der Waals surface area (Å²) in [5.74, 6) is -0.226. The van der Waals surface area contributed by atoms with Crippen LogP contribution >= 0.6 is 11.6 Å². The first-order valence-corrected chi connectivity index (χ1v) is 9.14. The first kappa shape index (κ1) is 18.3. The molecule has 2 aromatic rings. The van der Waals surface area contributed by atoms with E-state index in [1.54, 1.807) is 0 Å². The van der Waals surface area contributed by atoms with Crippen molar-refractivity contribution in [2.45, 2.75) is 12.5 Å². The van der Waals surface area contributed by atoms with Crippen LogP contribution in [0.4, 0.5) is 4.39 Å². The molecule has 0 radical (unpaired) electrons. The minimum atomic E-state index is -0.226. The molecule has 1 N–H and O–H groups in total. The zero-order valence-electron chi connectivity index (χ0n) is 14.2. The van der Waals surface area contributed by atoms with Crippen LogP contribution in [0.1, 0.15) is 23.6 Å². The molecule has 1 heterocycles. The summed E-state index contributed by atoms with van der Waals surface area (Å²) in [6.07, 6.45) is 0.811. The lowest BCUT2D eigenvalue weighted by molar-refractivity contribution is 0.104. The Morgan fingerprint density at radius 2 is 1.68 bits per heavy atom. The van der Waals surface area contributed by atoms with Crippen molar-refractivity contribution in [3.8, 4) is 0 Å². The number of rotatable bonds is 6. The highest BCUT2D eigenvalue weighted by Gasteiger charge is 2.27. The predicted octanol–water partition coefficient (Wildman–Crippen LogP) is 3.57. The molecule has 0 aromatic heterocycles. The SMILES string of the molecule is OCCCN1CCN(C(c2ccc(F)cc2)c2ccccc2Cl)CC1. The van der Waals surface area contributed by atoms with Crippen LogP contribution in [0.3, 0.4) is 0 Å². The molecule has 2 aromatic carbocycles.